The van der Waals surface area contributed by atoms with Crippen LogP contribution in [0, 0.1) is 0 Å². The number of benzene rings is 2. The van der Waals surface area contributed by atoms with Crippen molar-refractivity contribution >= 4 is 11.6 Å². The van der Waals surface area contributed by atoms with Gasteiger partial charge in [0, 0.05) is 23.6 Å². The largest absolute Gasteiger partial charge is 0.508 e. The highest BCUT2D eigenvalue weighted by atomic mass is 16.5. The van der Waals surface area contributed by atoms with Gasteiger partial charge in [0.25, 0.3) is 0 Å². The van der Waals surface area contributed by atoms with Gasteiger partial charge >= 0.3 is 0 Å². The van der Waals surface area contributed by atoms with E-state index < -0.39 is 11.6 Å². The molecule has 0 aliphatic heterocycles. The zero-order valence-electron chi connectivity index (χ0n) is 11.0. The molecule has 20 heavy (non-hydrogen) atoms. The van der Waals surface area contributed by atoms with Crippen LogP contribution in [-0.2, 0) is 11.2 Å². The van der Waals surface area contributed by atoms with E-state index in [1.54, 1.807) is 42.5 Å². The van der Waals surface area contributed by atoms with Gasteiger partial charge in [0.15, 0.2) is 0 Å². The Morgan fingerprint density at radius 2 is 1.80 bits per heavy atom. The van der Waals surface area contributed by atoms with Crippen LogP contribution in [0.4, 0.5) is 0 Å². The Bertz CT molecular complexity index is 632. The number of aromatic hydroxyl groups is 1. The monoisotopic (exact) mass is 270 g/mol. The molecule has 0 saturated heterocycles. The summed E-state index contributed by atoms with van der Waals surface area (Å²) in [4.78, 5) is 23.9. The lowest BCUT2D eigenvalue weighted by Gasteiger charge is -2.06. The van der Waals surface area contributed by atoms with E-state index in [1.165, 1.54) is 13.2 Å². The van der Waals surface area contributed by atoms with Gasteiger partial charge < -0.3 is 9.84 Å². The maximum Gasteiger partial charge on any atom is 0.228 e. The number of carbonyl (C=O) groups is 2. The third-order valence-electron chi connectivity index (χ3n) is 2.93. The molecule has 102 valence electrons. The van der Waals surface area contributed by atoms with Crippen molar-refractivity contribution in [2.45, 2.75) is 6.42 Å². The van der Waals surface area contributed by atoms with E-state index in [0.29, 0.717) is 16.9 Å². The molecule has 0 aromatic heterocycles. The minimum absolute atomic E-state index is 0.0569. The zero-order valence-corrected chi connectivity index (χ0v) is 11.0. The molecule has 0 spiro atoms. The van der Waals surface area contributed by atoms with Gasteiger partial charge in [-0.2, -0.15) is 0 Å². The maximum atomic E-state index is 11.9. The second kappa shape index (κ2) is 6.02. The Morgan fingerprint density at radius 1 is 1.10 bits per heavy atom. The van der Waals surface area contributed by atoms with Crippen LogP contribution < -0.4 is 4.74 Å². The van der Waals surface area contributed by atoms with Crippen molar-refractivity contribution in [2.75, 3.05) is 7.11 Å². The van der Waals surface area contributed by atoms with Gasteiger partial charge in [-0.3, -0.25) is 9.59 Å². The highest BCUT2D eigenvalue weighted by Gasteiger charge is 2.18. The number of phenols is 1. The van der Waals surface area contributed by atoms with Crippen molar-refractivity contribution in [2.24, 2.45) is 0 Å². The summed E-state index contributed by atoms with van der Waals surface area (Å²) in [5, 5.41) is 9.78. The van der Waals surface area contributed by atoms with Crippen molar-refractivity contribution in [3.63, 3.8) is 0 Å². The van der Waals surface area contributed by atoms with Crippen LogP contribution in [0.3, 0.4) is 0 Å². The number of hydrogen-bond acceptors (Lipinski definition) is 4. The molecular formula is C16H14O4. The number of rotatable bonds is 5. The fourth-order valence-corrected chi connectivity index (χ4v) is 1.82. The second-order valence-corrected chi connectivity index (χ2v) is 4.29. The molecule has 0 bridgehead atoms. The number of ketones is 2. The van der Waals surface area contributed by atoms with Gasteiger partial charge in [-0.15, -0.1) is 0 Å². The fraction of sp³-hybridized carbons (Fsp3) is 0.125. The smallest absolute Gasteiger partial charge is 0.228 e. The summed E-state index contributed by atoms with van der Waals surface area (Å²) in [6.07, 6.45) is -0.135. The minimum atomic E-state index is -0.559. The Kier molecular flexibility index (Phi) is 4.15. The first-order valence-corrected chi connectivity index (χ1v) is 6.10. The van der Waals surface area contributed by atoms with E-state index in [1.807, 2.05) is 0 Å². The highest BCUT2D eigenvalue weighted by Crippen LogP contribution is 2.24. The summed E-state index contributed by atoms with van der Waals surface area (Å²) in [5.41, 5.74) is 0.755. The van der Waals surface area contributed by atoms with E-state index in [9.17, 15) is 14.7 Å². The topological polar surface area (TPSA) is 63.6 Å². The van der Waals surface area contributed by atoms with Gasteiger partial charge in [-0.25, -0.2) is 0 Å². The Morgan fingerprint density at radius 3 is 2.40 bits per heavy atom. The standard InChI is InChI=1S/C16H14O4/c1-20-13-8-7-12(14(17)10-13)9-15(18)16(19)11-5-3-2-4-6-11/h2-8,10,17H,9H2,1H3. The number of ether oxygens (including phenoxy) is 1. The molecule has 2 rings (SSSR count). The van der Waals surface area contributed by atoms with Crippen molar-refractivity contribution < 1.29 is 19.4 Å². The maximum absolute atomic E-state index is 11.9. The summed E-state index contributed by atoms with van der Waals surface area (Å²) in [6, 6.07) is 13.0. The van der Waals surface area contributed by atoms with Crippen molar-refractivity contribution in [1.82, 2.24) is 0 Å². The predicted octanol–water partition coefficient (Wildman–Crippen LogP) is 2.40. The molecule has 0 saturated carbocycles. The van der Waals surface area contributed by atoms with E-state index in [0.717, 1.165) is 0 Å². The lowest BCUT2D eigenvalue weighted by atomic mass is 10.0. The van der Waals surface area contributed by atoms with E-state index in [4.69, 9.17) is 4.74 Å². The first-order chi connectivity index (χ1) is 9.61. The lowest BCUT2D eigenvalue weighted by Crippen LogP contribution is -2.16. The molecule has 1 N–H and O–H groups in total. The highest BCUT2D eigenvalue weighted by molar-refractivity contribution is 6.44. The summed E-state index contributed by atoms with van der Waals surface area (Å²) in [6.45, 7) is 0. The van der Waals surface area contributed by atoms with Crippen molar-refractivity contribution in [1.29, 1.82) is 0 Å². The molecule has 0 unspecified atom stereocenters. The van der Waals surface area contributed by atoms with Gasteiger partial charge in [0.1, 0.15) is 11.5 Å². The number of hydrogen-bond donors (Lipinski definition) is 1. The molecule has 0 radical (unpaired) electrons. The summed E-state index contributed by atoms with van der Waals surface area (Å²) in [5.74, 6) is -0.677. The first kappa shape index (κ1) is 13.8. The molecule has 0 aliphatic rings. The average molecular weight is 270 g/mol. The Balaban J connectivity index is 2.14. The van der Waals surface area contributed by atoms with Gasteiger partial charge in [-0.05, 0) is 6.07 Å². The molecule has 0 aliphatic carbocycles. The number of carbonyl (C=O) groups excluding carboxylic acids is 2. The number of phenolic OH excluding ortho intramolecular Hbond substituents is 1. The van der Waals surface area contributed by atoms with Gasteiger partial charge in [0.2, 0.25) is 11.6 Å². The molecule has 2 aromatic carbocycles. The van der Waals surface area contributed by atoms with E-state index in [2.05, 4.69) is 0 Å². The van der Waals surface area contributed by atoms with Crippen molar-refractivity contribution in [3.05, 3.63) is 59.7 Å². The first-order valence-electron chi connectivity index (χ1n) is 6.10. The van der Waals surface area contributed by atoms with Gasteiger partial charge in [-0.1, -0.05) is 36.4 Å². The molecule has 0 atom stereocenters. The van der Waals surface area contributed by atoms with Crippen LogP contribution in [0.15, 0.2) is 48.5 Å². The molecule has 0 amide bonds. The van der Waals surface area contributed by atoms with Crippen molar-refractivity contribution in [3.8, 4) is 11.5 Å². The van der Waals surface area contributed by atoms with Gasteiger partial charge in [0.05, 0.1) is 7.11 Å². The normalized spacial score (nSPS) is 10.1. The Labute approximate surface area is 116 Å². The minimum Gasteiger partial charge on any atom is -0.508 e. The quantitative estimate of drug-likeness (QED) is 0.669. The van der Waals surface area contributed by atoms with Crippen LogP contribution in [0.1, 0.15) is 15.9 Å². The lowest BCUT2D eigenvalue weighted by molar-refractivity contribution is -0.114. The molecule has 0 fully saturated rings. The Hall–Kier alpha value is -2.62. The molecular weight excluding hydrogens is 256 g/mol. The number of methoxy groups -OCH3 is 1. The zero-order chi connectivity index (χ0) is 14.5. The summed E-state index contributed by atoms with van der Waals surface area (Å²) < 4.78 is 4.96. The molecule has 4 heteroatoms. The van der Waals surface area contributed by atoms with Crippen LogP contribution >= 0.6 is 0 Å². The third-order valence-corrected chi connectivity index (χ3v) is 2.93. The fourth-order valence-electron chi connectivity index (χ4n) is 1.82. The summed E-state index contributed by atoms with van der Waals surface area (Å²) in [7, 11) is 1.48. The number of Topliss-reactive ketones (excluding diaryl/α,β-unsaturated/α-hetero) is 2. The summed E-state index contributed by atoms with van der Waals surface area (Å²) >= 11 is 0. The second-order valence-electron chi connectivity index (χ2n) is 4.29. The van der Waals surface area contributed by atoms with Crippen LogP contribution in [-0.4, -0.2) is 23.8 Å². The molecule has 4 nitrogen and oxygen atoms in total. The average Bonchev–Trinajstić information content (AvgIpc) is 2.49. The SMILES string of the molecule is COc1ccc(CC(=O)C(=O)c2ccccc2)c(O)c1. The molecule has 2 aromatic rings. The predicted molar refractivity (Wildman–Crippen MR) is 74.1 cm³/mol. The van der Waals surface area contributed by atoms with E-state index in [-0.39, 0.29) is 12.2 Å². The van der Waals surface area contributed by atoms with E-state index >= 15 is 0 Å². The molecule has 0 heterocycles. The third kappa shape index (κ3) is 3.03. The van der Waals surface area contributed by atoms with Crippen LogP contribution in [0.2, 0.25) is 0 Å². The van der Waals surface area contributed by atoms with Crippen LogP contribution in [0.5, 0.6) is 11.5 Å². The van der Waals surface area contributed by atoms with Crippen LogP contribution in [0.25, 0.3) is 0 Å².